The molecule has 2 aromatic heterocycles. The number of anilines is 1. The lowest BCUT2D eigenvalue weighted by Crippen LogP contribution is -2.08. The number of thiazole rings is 1. The normalized spacial score (nSPS) is 11.6. The van der Waals surface area contributed by atoms with E-state index in [9.17, 15) is 0 Å². The number of aromatic nitrogens is 3. The summed E-state index contributed by atoms with van der Waals surface area (Å²) in [6, 6.07) is 0.374. The fourth-order valence-corrected chi connectivity index (χ4v) is 4.39. The zero-order chi connectivity index (χ0) is 14.7. The molecule has 0 radical (unpaired) electrons. The quantitative estimate of drug-likeness (QED) is 0.840. The van der Waals surface area contributed by atoms with Crippen LogP contribution in [0.1, 0.15) is 57.2 Å². The molecular formula is C14H22N4S2. The summed E-state index contributed by atoms with van der Waals surface area (Å²) in [7, 11) is 0. The minimum Gasteiger partial charge on any atom is -0.358 e. The summed E-state index contributed by atoms with van der Waals surface area (Å²) >= 11 is 3.38. The molecule has 0 aliphatic heterocycles. The van der Waals surface area contributed by atoms with Crippen LogP contribution in [0.3, 0.4) is 0 Å². The van der Waals surface area contributed by atoms with Crippen molar-refractivity contribution in [3.8, 4) is 9.88 Å². The third-order valence-corrected chi connectivity index (χ3v) is 5.51. The third kappa shape index (κ3) is 3.35. The topological polar surface area (TPSA) is 50.7 Å². The first kappa shape index (κ1) is 15.4. The predicted octanol–water partition coefficient (Wildman–Crippen LogP) is 4.69. The molecule has 0 atom stereocenters. The molecule has 0 bridgehead atoms. The van der Waals surface area contributed by atoms with Crippen LogP contribution in [0.25, 0.3) is 9.88 Å². The van der Waals surface area contributed by atoms with E-state index >= 15 is 0 Å². The van der Waals surface area contributed by atoms with Crippen molar-refractivity contribution in [1.29, 1.82) is 0 Å². The van der Waals surface area contributed by atoms with Crippen LogP contribution in [0.5, 0.6) is 0 Å². The Morgan fingerprint density at radius 3 is 2.40 bits per heavy atom. The van der Waals surface area contributed by atoms with Gasteiger partial charge in [0.1, 0.15) is 0 Å². The molecule has 0 amide bonds. The molecule has 0 saturated heterocycles. The molecule has 4 nitrogen and oxygen atoms in total. The van der Waals surface area contributed by atoms with Gasteiger partial charge in [-0.05, 0) is 33.6 Å². The summed E-state index contributed by atoms with van der Waals surface area (Å²) in [6.45, 7) is 10.7. The zero-order valence-corrected chi connectivity index (χ0v) is 14.4. The highest BCUT2D eigenvalue weighted by atomic mass is 32.1. The molecule has 0 saturated carbocycles. The largest absolute Gasteiger partial charge is 0.358 e. The fraction of sp³-hybridized carbons (Fsp3) is 0.643. The van der Waals surface area contributed by atoms with Crippen LogP contribution in [-0.4, -0.2) is 21.2 Å². The summed E-state index contributed by atoms with van der Waals surface area (Å²) in [5, 5.41) is 14.9. The van der Waals surface area contributed by atoms with Crippen LogP contribution in [0.2, 0.25) is 0 Å². The van der Waals surface area contributed by atoms with Crippen molar-refractivity contribution in [2.45, 2.75) is 59.4 Å². The molecule has 0 aliphatic rings. The van der Waals surface area contributed by atoms with Gasteiger partial charge in [-0.1, -0.05) is 25.2 Å². The van der Waals surface area contributed by atoms with Gasteiger partial charge in [-0.15, -0.1) is 21.5 Å². The van der Waals surface area contributed by atoms with Gasteiger partial charge in [-0.2, -0.15) is 0 Å². The van der Waals surface area contributed by atoms with Crippen molar-refractivity contribution in [3.05, 3.63) is 10.7 Å². The zero-order valence-electron chi connectivity index (χ0n) is 12.7. The lowest BCUT2D eigenvalue weighted by Gasteiger charge is -2.06. The van der Waals surface area contributed by atoms with E-state index < -0.39 is 0 Å². The monoisotopic (exact) mass is 310 g/mol. The molecule has 0 spiro atoms. The van der Waals surface area contributed by atoms with Crippen molar-refractivity contribution in [1.82, 2.24) is 15.2 Å². The summed E-state index contributed by atoms with van der Waals surface area (Å²) in [5.74, 6) is 0.564. The summed E-state index contributed by atoms with van der Waals surface area (Å²) in [6.07, 6.45) is 2.28. The SMILES string of the molecule is CCC(CC)c1nc(C)c(-c2nnc(NC(C)C)s2)s1. The summed E-state index contributed by atoms with van der Waals surface area (Å²) in [4.78, 5) is 5.90. The number of hydrogen-bond donors (Lipinski definition) is 1. The Hall–Kier alpha value is -1.01. The van der Waals surface area contributed by atoms with Gasteiger partial charge in [-0.25, -0.2) is 4.98 Å². The van der Waals surface area contributed by atoms with Gasteiger partial charge < -0.3 is 5.32 Å². The third-order valence-electron chi connectivity index (χ3n) is 3.18. The molecule has 1 N–H and O–H groups in total. The van der Waals surface area contributed by atoms with Gasteiger partial charge in [-0.3, -0.25) is 0 Å². The summed E-state index contributed by atoms with van der Waals surface area (Å²) in [5.41, 5.74) is 1.07. The number of rotatable bonds is 6. The Balaban J connectivity index is 2.26. The van der Waals surface area contributed by atoms with Gasteiger partial charge in [0.15, 0.2) is 5.01 Å². The van der Waals surface area contributed by atoms with E-state index in [1.165, 1.54) is 9.88 Å². The molecular weight excluding hydrogens is 288 g/mol. The number of nitrogens with zero attached hydrogens (tertiary/aromatic N) is 3. The standard InChI is InChI=1S/C14H22N4S2/c1-6-10(7-2)12-16-9(5)11(19-12)13-17-18-14(20-13)15-8(3)4/h8,10H,6-7H2,1-5H3,(H,15,18). The van der Waals surface area contributed by atoms with Crippen molar-refractivity contribution < 1.29 is 0 Å². The number of aryl methyl sites for hydroxylation is 1. The lowest BCUT2D eigenvalue weighted by molar-refractivity contribution is 0.636. The smallest absolute Gasteiger partial charge is 0.206 e. The summed E-state index contributed by atoms with van der Waals surface area (Å²) < 4.78 is 0. The van der Waals surface area contributed by atoms with Crippen molar-refractivity contribution >= 4 is 27.8 Å². The second-order valence-electron chi connectivity index (χ2n) is 5.19. The lowest BCUT2D eigenvalue weighted by atomic mass is 10.1. The maximum Gasteiger partial charge on any atom is 0.206 e. The highest BCUT2D eigenvalue weighted by Gasteiger charge is 2.18. The second-order valence-corrected chi connectivity index (χ2v) is 7.20. The molecule has 6 heteroatoms. The number of nitrogens with one attached hydrogen (secondary N) is 1. The average molecular weight is 310 g/mol. The fourth-order valence-electron chi connectivity index (χ4n) is 2.05. The average Bonchev–Trinajstić information content (AvgIpc) is 2.97. The van der Waals surface area contributed by atoms with E-state index in [0.29, 0.717) is 12.0 Å². The van der Waals surface area contributed by atoms with Crippen molar-refractivity contribution in [2.75, 3.05) is 5.32 Å². The first-order chi connectivity index (χ1) is 9.55. The second kappa shape index (κ2) is 6.63. The molecule has 0 unspecified atom stereocenters. The van der Waals surface area contributed by atoms with E-state index in [1.807, 2.05) is 0 Å². The maximum atomic E-state index is 4.74. The molecule has 0 aromatic carbocycles. The first-order valence-corrected chi connectivity index (χ1v) is 8.76. The Labute approximate surface area is 128 Å². The Morgan fingerprint density at radius 1 is 1.10 bits per heavy atom. The van der Waals surface area contributed by atoms with E-state index in [1.54, 1.807) is 22.7 Å². The number of hydrogen-bond acceptors (Lipinski definition) is 6. The van der Waals surface area contributed by atoms with E-state index in [2.05, 4.69) is 50.1 Å². The molecule has 2 heterocycles. The van der Waals surface area contributed by atoms with E-state index in [0.717, 1.165) is 28.7 Å². The molecule has 2 aromatic rings. The highest BCUT2D eigenvalue weighted by molar-refractivity contribution is 7.23. The molecule has 2 rings (SSSR count). The van der Waals surface area contributed by atoms with Crippen molar-refractivity contribution in [3.63, 3.8) is 0 Å². The minimum absolute atomic E-state index is 0.374. The maximum absolute atomic E-state index is 4.74. The van der Waals surface area contributed by atoms with Crippen LogP contribution < -0.4 is 5.32 Å². The first-order valence-electron chi connectivity index (χ1n) is 7.12. The Morgan fingerprint density at radius 2 is 1.80 bits per heavy atom. The molecule has 0 aliphatic carbocycles. The van der Waals surface area contributed by atoms with Crippen LogP contribution in [0.4, 0.5) is 5.13 Å². The van der Waals surface area contributed by atoms with Gasteiger partial charge in [0, 0.05) is 12.0 Å². The van der Waals surface area contributed by atoms with E-state index in [-0.39, 0.29) is 0 Å². The van der Waals surface area contributed by atoms with Crippen LogP contribution in [-0.2, 0) is 0 Å². The predicted molar refractivity (Wildman–Crippen MR) is 87.8 cm³/mol. The Bertz CT molecular complexity index is 555. The molecule has 0 fully saturated rings. The van der Waals surface area contributed by atoms with E-state index in [4.69, 9.17) is 4.98 Å². The van der Waals surface area contributed by atoms with Gasteiger partial charge in [0.25, 0.3) is 0 Å². The Kier molecular flexibility index (Phi) is 5.10. The van der Waals surface area contributed by atoms with Crippen LogP contribution in [0.15, 0.2) is 0 Å². The van der Waals surface area contributed by atoms with Gasteiger partial charge >= 0.3 is 0 Å². The van der Waals surface area contributed by atoms with Crippen molar-refractivity contribution in [2.24, 2.45) is 0 Å². The van der Waals surface area contributed by atoms with Gasteiger partial charge in [0.05, 0.1) is 15.6 Å². The highest BCUT2D eigenvalue weighted by Crippen LogP contribution is 2.37. The van der Waals surface area contributed by atoms with Crippen LogP contribution >= 0.6 is 22.7 Å². The van der Waals surface area contributed by atoms with Crippen LogP contribution in [0, 0.1) is 6.92 Å². The minimum atomic E-state index is 0.374. The molecule has 20 heavy (non-hydrogen) atoms. The molecule has 110 valence electrons. The van der Waals surface area contributed by atoms with Gasteiger partial charge in [0.2, 0.25) is 5.13 Å².